The maximum absolute atomic E-state index is 13.2. The van der Waals surface area contributed by atoms with Crippen LogP contribution in [0.25, 0.3) is 0 Å². The van der Waals surface area contributed by atoms with Gasteiger partial charge in [0.2, 0.25) is 0 Å². The van der Waals surface area contributed by atoms with E-state index in [1.165, 1.54) is 30.5 Å². The Balaban J connectivity index is 1.88. The van der Waals surface area contributed by atoms with Gasteiger partial charge in [-0.2, -0.15) is 0 Å². The lowest BCUT2D eigenvalue weighted by Crippen LogP contribution is -2.31. The molecule has 1 atom stereocenters. The van der Waals surface area contributed by atoms with Gasteiger partial charge in [0.25, 0.3) is 5.91 Å². The molecule has 0 unspecified atom stereocenters. The lowest BCUT2D eigenvalue weighted by atomic mass is 10.1. The van der Waals surface area contributed by atoms with Gasteiger partial charge in [0, 0.05) is 12.1 Å². The molecule has 0 fully saturated rings. The summed E-state index contributed by atoms with van der Waals surface area (Å²) in [7, 11) is -3.82. The van der Waals surface area contributed by atoms with Crippen molar-refractivity contribution in [1.29, 1.82) is 0 Å². The van der Waals surface area contributed by atoms with Crippen LogP contribution >= 0.6 is 0 Å². The van der Waals surface area contributed by atoms with E-state index in [1.54, 1.807) is 30.3 Å². The second-order valence-electron chi connectivity index (χ2n) is 6.51. The normalized spacial score (nSPS) is 12.5. The number of rotatable bonds is 6. The third-order valence-corrected chi connectivity index (χ3v) is 6.66. The zero-order valence-corrected chi connectivity index (χ0v) is 16.3. The predicted molar refractivity (Wildman–Crippen MR) is 103 cm³/mol. The van der Waals surface area contributed by atoms with E-state index in [4.69, 9.17) is 4.42 Å². The molecule has 0 bridgehead atoms. The first kappa shape index (κ1) is 19.8. The van der Waals surface area contributed by atoms with Crippen molar-refractivity contribution < 1.29 is 22.0 Å². The highest BCUT2D eigenvalue weighted by Crippen LogP contribution is 2.30. The molecule has 3 rings (SSSR count). The van der Waals surface area contributed by atoms with Gasteiger partial charge in [-0.25, -0.2) is 12.8 Å². The first-order chi connectivity index (χ1) is 13.3. The van der Waals surface area contributed by atoms with Gasteiger partial charge in [-0.15, -0.1) is 0 Å². The molecule has 1 aromatic heterocycles. The van der Waals surface area contributed by atoms with Gasteiger partial charge in [0.1, 0.15) is 16.8 Å². The number of amides is 1. The number of benzene rings is 2. The molecule has 0 saturated heterocycles. The number of furan rings is 1. The molecule has 0 aliphatic carbocycles. The summed E-state index contributed by atoms with van der Waals surface area (Å²) in [6.45, 7) is 3.56. The molecule has 0 saturated carbocycles. The maximum Gasteiger partial charge on any atom is 0.251 e. The van der Waals surface area contributed by atoms with E-state index in [0.29, 0.717) is 0 Å². The third-order valence-electron chi connectivity index (χ3n) is 4.60. The quantitative estimate of drug-likeness (QED) is 0.678. The van der Waals surface area contributed by atoms with Gasteiger partial charge in [0.15, 0.2) is 9.84 Å². The maximum atomic E-state index is 13.2. The van der Waals surface area contributed by atoms with Crippen molar-refractivity contribution in [2.24, 2.45) is 0 Å². The second kappa shape index (κ2) is 7.98. The van der Waals surface area contributed by atoms with E-state index in [9.17, 15) is 17.6 Å². The number of hydrogen-bond donors (Lipinski definition) is 1. The highest BCUT2D eigenvalue weighted by atomic mass is 32.2. The fraction of sp³-hybridized carbons (Fsp3) is 0.190. The molecule has 0 spiro atoms. The largest absolute Gasteiger partial charge is 0.468 e. The predicted octanol–water partition coefficient (Wildman–Crippen LogP) is 3.98. The summed E-state index contributed by atoms with van der Waals surface area (Å²) in [5, 5.41) is 1.52. The van der Waals surface area contributed by atoms with Crippen molar-refractivity contribution in [3.63, 3.8) is 0 Å². The van der Waals surface area contributed by atoms with Crippen LogP contribution < -0.4 is 5.32 Å². The van der Waals surface area contributed by atoms with Crippen molar-refractivity contribution in [2.45, 2.75) is 24.0 Å². The standard InChI is InChI=1S/C21H20FNO4S/c1-14-5-10-18(12-15(14)2)28(25,26)20(19-4-3-11-27-19)13-23-21(24)16-6-8-17(22)9-7-16/h3-12,20H,13H2,1-2H3,(H,23,24)/t20-/m1/s1. The fourth-order valence-corrected chi connectivity index (χ4v) is 4.45. The molecule has 0 radical (unpaired) electrons. The zero-order chi connectivity index (χ0) is 20.3. The third kappa shape index (κ3) is 4.14. The van der Waals surface area contributed by atoms with E-state index in [1.807, 2.05) is 13.8 Å². The Morgan fingerprint density at radius 3 is 2.39 bits per heavy atom. The van der Waals surface area contributed by atoms with Crippen molar-refractivity contribution in [2.75, 3.05) is 6.54 Å². The Bertz CT molecular complexity index is 1070. The van der Waals surface area contributed by atoms with Gasteiger partial charge in [-0.05, 0) is 73.5 Å². The van der Waals surface area contributed by atoms with Crippen molar-refractivity contribution in [3.05, 3.63) is 89.1 Å². The lowest BCUT2D eigenvalue weighted by Gasteiger charge is -2.17. The molecular weight excluding hydrogens is 381 g/mol. The number of nitrogens with one attached hydrogen (secondary N) is 1. The monoisotopic (exact) mass is 401 g/mol. The molecule has 1 heterocycles. The van der Waals surface area contributed by atoms with Crippen molar-refractivity contribution in [1.82, 2.24) is 5.32 Å². The smallest absolute Gasteiger partial charge is 0.251 e. The molecule has 0 aliphatic rings. The van der Waals surface area contributed by atoms with Crippen LogP contribution in [-0.4, -0.2) is 20.9 Å². The minimum absolute atomic E-state index is 0.160. The molecule has 3 aromatic rings. The molecule has 7 heteroatoms. The van der Waals surface area contributed by atoms with E-state index < -0.39 is 26.8 Å². The first-order valence-corrected chi connectivity index (χ1v) is 10.2. The molecule has 1 N–H and O–H groups in total. The van der Waals surface area contributed by atoms with Crippen LogP contribution in [0.4, 0.5) is 4.39 Å². The molecule has 146 valence electrons. The van der Waals surface area contributed by atoms with Crippen LogP contribution in [-0.2, 0) is 9.84 Å². The summed E-state index contributed by atoms with van der Waals surface area (Å²) in [5.74, 6) is -0.716. The Morgan fingerprint density at radius 1 is 1.07 bits per heavy atom. The summed E-state index contributed by atoms with van der Waals surface area (Å²) >= 11 is 0. The minimum Gasteiger partial charge on any atom is -0.468 e. The van der Waals surface area contributed by atoms with E-state index in [0.717, 1.165) is 11.1 Å². The number of sulfone groups is 1. The van der Waals surface area contributed by atoms with Crippen LogP contribution in [0.2, 0.25) is 0 Å². The molecule has 28 heavy (non-hydrogen) atoms. The van der Waals surface area contributed by atoms with Gasteiger partial charge in [-0.3, -0.25) is 4.79 Å². The summed E-state index contributed by atoms with van der Waals surface area (Å²) in [5.41, 5.74) is 2.08. The van der Waals surface area contributed by atoms with E-state index in [2.05, 4.69) is 5.32 Å². The number of carbonyl (C=O) groups is 1. The van der Waals surface area contributed by atoms with Crippen LogP contribution in [0.15, 0.2) is 70.2 Å². The summed E-state index contributed by atoms with van der Waals surface area (Å²) in [4.78, 5) is 12.5. The Morgan fingerprint density at radius 2 is 1.79 bits per heavy atom. The van der Waals surface area contributed by atoms with Gasteiger partial charge in [-0.1, -0.05) is 6.07 Å². The lowest BCUT2D eigenvalue weighted by molar-refractivity contribution is 0.0953. The average molecular weight is 401 g/mol. The second-order valence-corrected chi connectivity index (χ2v) is 8.64. The number of aryl methyl sites for hydroxylation is 2. The van der Waals surface area contributed by atoms with Gasteiger partial charge >= 0.3 is 0 Å². The van der Waals surface area contributed by atoms with E-state index in [-0.39, 0.29) is 22.8 Å². The average Bonchev–Trinajstić information content (AvgIpc) is 3.18. The Kier molecular flexibility index (Phi) is 5.65. The number of halogens is 1. The molecular formula is C21H20FNO4S. The summed E-state index contributed by atoms with van der Waals surface area (Å²) in [6.07, 6.45) is 1.39. The highest BCUT2D eigenvalue weighted by molar-refractivity contribution is 7.91. The highest BCUT2D eigenvalue weighted by Gasteiger charge is 2.32. The minimum atomic E-state index is -3.82. The van der Waals surface area contributed by atoms with Crippen LogP contribution in [0.3, 0.4) is 0 Å². The Hall–Kier alpha value is -2.93. The first-order valence-electron chi connectivity index (χ1n) is 8.67. The molecule has 1 amide bonds. The van der Waals surface area contributed by atoms with Crippen LogP contribution in [0.1, 0.15) is 32.5 Å². The van der Waals surface area contributed by atoms with Crippen molar-refractivity contribution in [3.8, 4) is 0 Å². The molecule has 0 aliphatic heterocycles. The van der Waals surface area contributed by atoms with Gasteiger partial charge < -0.3 is 9.73 Å². The molecule has 2 aromatic carbocycles. The number of carbonyl (C=O) groups excluding carboxylic acids is 1. The summed E-state index contributed by atoms with van der Waals surface area (Å²) in [6, 6.07) is 13.1. The Labute approximate surface area is 163 Å². The van der Waals surface area contributed by atoms with Crippen LogP contribution in [0, 0.1) is 19.7 Å². The SMILES string of the molecule is Cc1ccc(S(=O)(=O)[C@H](CNC(=O)c2ccc(F)cc2)c2ccco2)cc1C. The molecule has 5 nitrogen and oxygen atoms in total. The summed E-state index contributed by atoms with van der Waals surface area (Å²) < 4.78 is 44.8. The fourth-order valence-electron chi connectivity index (χ4n) is 2.78. The number of hydrogen-bond acceptors (Lipinski definition) is 4. The van der Waals surface area contributed by atoms with Crippen molar-refractivity contribution >= 4 is 15.7 Å². The van der Waals surface area contributed by atoms with Gasteiger partial charge in [0.05, 0.1) is 11.2 Å². The van der Waals surface area contributed by atoms with E-state index >= 15 is 0 Å². The zero-order valence-electron chi connectivity index (χ0n) is 15.5. The van der Waals surface area contributed by atoms with Crippen LogP contribution in [0.5, 0.6) is 0 Å². The topological polar surface area (TPSA) is 76.4 Å².